The molecular formula is C21H24N4O3S. The largest absolute Gasteiger partial charge is 0.496 e. The van der Waals surface area contributed by atoms with E-state index < -0.39 is 6.04 Å². The second kappa shape index (κ2) is 9.88. The Hall–Kier alpha value is -3.13. The topological polar surface area (TPSA) is 85.2 Å². The zero-order valence-electron chi connectivity index (χ0n) is 16.4. The van der Waals surface area contributed by atoms with Crippen LogP contribution in [0.4, 0.5) is 0 Å². The minimum absolute atomic E-state index is 0.244. The molecule has 1 atom stereocenters. The molecule has 0 bridgehead atoms. The van der Waals surface area contributed by atoms with Gasteiger partial charge in [0.15, 0.2) is 0 Å². The van der Waals surface area contributed by atoms with Crippen LogP contribution in [0.5, 0.6) is 5.75 Å². The van der Waals surface area contributed by atoms with Gasteiger partial charge < -0.3 is 15.4 Å². The Kier molecular flexibility index (Phi) is 7.02. The molecule has 0 spiro atoms. The predicted octanol–water partition coefficient (Wildman–Crippen LogP) is 2.54. The van der Waals surface area contributed by atoms with E-state index in [-0.39, 0.29) is 11.8 Å². The van der Waals surface area contributed by atoms with Crippen molar-refractivity contribution in [2.75, 3.05) is 13.7 Å². The van der Waals surface area contributed by atoms with Crippen LogP contribution in [0.1, 0.15) is 29.0 Å². The van der Waals surface area contributed by atoms with Crippen LogP contribution >= 0.6 is 11.3 Å². The molecule has 2 N–H and O–H groups in total. The molecule has 0 aliphatic carbocycles. The summed E-state index contributed by atoms with van der Waals surface area (Å²) in [4.78, 5) is 25.7. The van der Waals surface area contributed by atoms with E-state index in [1.54, 1.807) is 35.4 Å². The number of hydrogen-bond acceptors (Lipinski definition) is 5. The van der Waals surface area contributed by atoms with Crippen molar-refractivity contribution in [1.29, 1.82) is 0 Å². The normalized spacial score (nSPS) is 11.7. The number of carbonyl (C=O) groups excluding carboxylic acids is 2. The maximum Gasteiger partial charge on any atom is 0.247 e. The van der Waals surface area contributed by atoms with Crippen molar-refractivity contribution in [1.82, 2.24) is 20.4 Å². The number of thiophene rings is 1. The van der Waals surface area contributed by atoms with Gasteiger partial charge in [-0.2, -0.15) is 5.10 Å². The second-order valence-corrected chi connectivity index (χ2v) is 7.56. The van der Waals surface area contributed by atoms with Crippen molar-refractivity contribution in [2.45, 2.75) is 25.9 Å². The van der Waals surface area contributed by atoms with Crippen molar-refractivity contribution in [2.24, 2.45) is 0 Å². The molecule has 1 unspecified atom stereocenters. The molecule has 0 saturated carbocycles. The minimum Gasteiger partial charge on any atom is -0.496 e. The third-order valence-corrected chi connectivity index (χ3v) is 5.33. The van der Waals surface area contributed by atoms with Crippen LogP contribution in [-0.4, -0.2) is 35.2 Å². The van der Waals surface area contributed by atoms with E-state index in [4.69, 9.17) is 4.74 Å². The standard InChI is InChI=1S/C21H24N4O3S/c1-15(26)24-20(21(27)22-10-8-18-5-3-12-29-18)16-6-7-19(28-2)17(13-16)14-25-11-4-9-23-25/h3-7,9,11-13,20H,8,10,14H2,1-2H3,(H,22,27)(H,24,26). The highest BCUT2D eigenvalue weighted by atomic mass is 32.1. The van der Waals surface area contributed by atoms with Crippen LogP contribution < -0.4 is 15.4 Å². The van der Waals surface area contributed by atoms with Gasteiger partial charge in [0.05, 0.1) is 13.7 Å². The maximum absolute atomic E-state index is 12.8. The summed E-state index contributed by atoms with van der Waals surface area (Å²) in [7, 11) is 1.60. The molecule has 152 valence electrons. The summed E-state index contributed by atoms with van der Waals surface area (Å²) in [5, 5.41) is 11.9. The molecule has 8 heteroatoms. The number of benzene rings is 1. The third kappa shape index (κ3) is 5.68. The second-order valence-electron chi connectivity index (χ2n) is 6.53. The highest BCUT2D eigenvalue weighted by Gasteiger charge is 2.22. The van der Waals surface area contributed by atoms with Gasteiger partial charge in [0.1, 0.15) is 11.8 Å². The Labute approximate surface area is 173 Å². The van der Waals surface area contributed by atoms with Crippen molar-refractivity contribution < 1.29 is 14.3 Å². The maximum atomic E-state index is 12.8. The molecule has 2 heterocycles. The fraction of sp³-hybridized carbons (Fsp3) is 0.286. The van der Waals surface area contributed by atoms with Gasteiger partial charge >= 0.3 is 0 Å². The average Bonchev–Trinajstić information content (AvgIpc) is 3.40. The van der Waals surface area contributed by atoms with E-state index >= 15 is 0 Å². The number of methoxy groups -OCH3 is 1. The lowest BCUT2D eigenvalue weighted by Gasteiger charge is -2.20. The third-order valence-electron chi connectivity index (χ3n) is 4.39. The van der Waals surface area contributed by atoms with E-state index in [1.807, 2.05) is 41.9 Å². The van der Waals surface area contributed by atoms with E-state index in [1.165, 1.54) is 11.8 Å². The van der Waals surface area contributed by atoms with Crippen molar-refractivity contribution in [3.8, 4) is 5.75 Å². The summed E-state index contributed by atoms with van der Waals surface area (Å²) in [5.74, 6) is 0.184. The molecular weight excluding hydrogens is 388 g/mol. The number of hydrogen-bond donors (Lipinski definition) is 2. The zero-order valence-corrected chi connectivity index (χ0v) is 17.2. The number of nitrogens with zero attached hydrogens (tertiary/aromatic N) is 2. The summed E-state index contributed by atoms with van der Waals surface area (Å²) < 4.78 is 7.22. The Bertz CT molecular complexity index is 939. The van der Waals surface area contributed by atoms with Gasteiger partial charge in [-0.1, -0.05) is 12.1 Å². The summed E-state index contributed by atoms with van der Waals surface area (Å²) in [6, 6.07) is 10.6. The van der Waals surface area contributed by atoms with E-state index in [0.29, 0.717) is 24.4 Å². The Morgan fingerprint density at radius 2 is 2.14 bits per heavy atom. The van der Waals surface area contributed by atoms with Crippen LogP contribution in [0.2, 0.25) is 0 Å². The van der Waals surface area contributed by atoms with Crippen LogP contribution in [0.25, 0.3) is 0 Å². The molecule has 3 rings (SSSR count). The average molecular weight is 413 g/mol. The molecule has 0 saturated heterocycles. The van der Waals surface area contributed by atoms with Crippen LogP contribution in [0.15, 0.2) is 54.2 Å². The van der Waals surface area contributed by atoms with Crippen molar-refractivity contribution in [3.63, 3.8) is 0 Å². The first-order valence-corrected chi connectivity index (χ1v) is 10.2. The summed E-state index contributed by atoms with van der Waals surface area (Å²) in [6.45, 7) is 2.41. The lowest BCUT2D eigenvalue weighted by Crippen LogP contribution is -2.40. The van der Waals surface area contributed by atoms with Crippen molar-refractivity contribution in [3.05, 3.63) is 70.2 Å². The number of nitrogens with one attached hydrogen (secondary N) is 2. The SMILES string of the molecule is COc1ccc(C(NC(C)=O)C(=O)NCCc2cccs2)cc1Cn1cccn1. The molecule has 0 radical (unpaired) electrons. The van der Waals surface area contributed by atoms with E-state index in [2.05, 4.69) is 15.7 Å². The van der Waals surface area contributed by atoms with Crippen LogP contribution in [0.3, 0.4) is 0 Å². The lowest BCUT2D eigenvalue weighted by molar-refractivity contribution is -0.128. The predicted molar refractivity (Wildman–Crippen MR) is 112 cm³/mol. The smallest absolute Gasteiger partial charge is 0.247 e. The van der Waals surface area contributed by atoms with Gasteiger partial charge in [-0.05, 0) is 41.6 Å². The molecule has 2 aromatic heterocycles. The highest BCUT2D eigenvalue weighted by molar-refractivity contribution is 7.09. The first-order chi connectivity index (χ1) is 14.1. The zero-order chi connectivity index (χ0) is 20.6. The molecule has 0 fully saturated rings. The number of carbonyl (C=O) groups is 2. The summed E-state index contributed by atoms with van der Waals surface area (Å²) >= 11 is 1.65. The fourth-order valence-corrected chi connectivity index (χ4v) is 3.75. The highest BCUT2D eigenvalue weighted by Crippen LogP contribution is 2.24. The van der Waals surface area contributed by atoms with Gasteiger partial charge in [-0.15, -0.1) is 11.3 Å². The molecule has 1 aromatic carbocycles. The number of aromatic nitrogens is 2. The lowest BCUT2D eigenvalue weighted by atomic mass is 10.0. The molecule has 3 aromatic rings. The minimum atomic E-state index is -0.780. The number of ether oxygens (including phenoxy) is 1. The first kappa shape index (κ1) is 20.6. The summed E-state index contributed by atoms with van der Waals surface area (Å²) in [6.07, 6.45) is 4.32. The Morgan fingerprint density at radius 3 is 2.79 bits per heavy atom. The monoisotopic (exact) mass is 412 g/mol. The fourth-order valence-electron chi connectivity index (χ4n) is 3.04. The van der Waals surface area contributed by atoms with Gasteiger partial charge in [-0.3, -0.25) is 14.3 Å². The Balaban J connectivity index is 1.77. The van der Waals surface area contributed by atoms with Gasteiger partial charge in [-0.25, -0.2) is 0 Å². The molecule has 0 aliphatic heterocycles. The van der Waals surface area contributed by atoms with Gasteiger partial charge in [0, 0.05) is 36.3 Å². The Morgan fingerprint density at radius 1 is 1.28 bits per heavy atom. The van der Waals surface area contributed by atoms with Crippen LogP contribution in [0, 0.1) is 0 Å². The van der Waals surface area contributed by atoms with Crippen LogP contribution in [-0.2, 0) is 22.6 Å². The van der Waals surface area contributed by atoms with Gasteiger partial charge in [0.25, 0.3) is 0 Å². The quantitative estimate of drug-likeness (QED) is 0.566. The molecule has 0 aliphatic rings. The van der Waals surface area contributed by atoms with E-state index in [0.717, 1.165) is 12.0 Å². The summed E-state index contributed by atoms with van der Waals surface area (Å²) in [5.41, 5.74) is 1.56. The molecule has 2 amide bonds. The van der Waals surface area contributed by atoms with Gasteiger partial charge in [0.2, 0.25) is 11.8 Å². The number of rotatable bonds is 9. The molecule has 29 heavy (non-hydrogen) atoms. The van der Waals surface area contributed by atoms with E-state index in [9.17, 15) is 9.59 Å². The number of amides is 2. The van der Waals surface area contributed by atoms with Crippen molar-refractivity contribution >= 4 is 23.2 Å². The first-order valence-electron chi connectivity index (χ1n) is 9.28. The molecule has 7 nitrogen and oxygen atoms in total.